The molecule has 1 aromatic carbocycles. The minimum Gasteiger partial charge on any atom is -0.350 e. The fourth-order valence-electron chi connectivity index (χ4n) is 3.31. The van der Waals surface area contributed by atoms with Crippen LogP contribution < -0.4 is 5.32 Å². The lowest BCUT2D eigenvalue weighted by atomic mass is 10.0. The third kappa shape index (κ3) is 5.28. The van der Waals surface area contributed by atoms with Gasteiger partial charge in [0, 0.05) is 32.2 Å². The van der Waals surface area contributed by atoms with Gasteiger partial charge in [-0.1, -0.05) is 13.8 Å². The van der Waals surface area contributed by atoms with Crippen molar-refractivity contribution in [1.29, 1.82) is 0 Å². The van der Waals surface area contributed by atoms with Crippen molar-refractivity contribution in [2.45, 2.75) is 44.0 Å². The molecule has 6 nitrogen and oxygen atoms in total. The fraction of sp³-hybridized carbons (Fsp3) is 0.632. The van der Waals surface area contributed by atoms with Gasteiger partial charge in [-0.25, -0.2) is 12.7 Å². The Labute approximate surface area is 157 Å². The van der Waals surface area contributed by atoms with Crippen molar-refractivity contribution in [3.05, 3.63) is 29.8 Å². The summed E-state index contributed by atoms with van der Waals surface area (Å²) >= 11 is 0. The molecule has 2 rings (SSSR count). The minimum absolute atomic E-state index is 0.160. The molecule has 1 aliphatic rings. The van der Waals surface area contributed by atoms with Crippen LogP contribution in [-0.2, 0) is 10.0 Å². The predicted octanol–water partition coefficient (Wildman–Crippen LogP) is 2.18. The van der Waals surface area contributed by atoms with E-state index in [1.807, 2.05) is 0 Å². The van der Waals surface area contributed by atoms with E-state index in [-0.39, 0.29) is 10.8 Å². The van der Waals surface area contributed by atoms with Gasteiger partial charge in [0.05, 0.1) is 4.90 Å². The van der Waals surface area contributed by atoms with Crippen LogP contribution in [0.4, 0.5) is 0 Å². The molecule has 1 fully saturated rings. The maximum atomic E-state index is 12.5. The first-order valence-electron chi connectivity index (χ1n) is 9.26. The number of benzene rings is 1. The number of likely N-dealkylation sites (tertiary alicyclic amines) is 1. The SMILES string of the molecule is CC(C)CC(CNC(=O)c1ccc(S(=O)(=O)N(C)C)cc1)N1CCCC1. The molecule has 1 atom stereocenters. The van der Waals surface area contributed by atoms with E-state index in [9.17, 15) is 13.2 Å². The molecule has 1 aromatic rings. The van der Waals surface area contributed by atoms with Gasteiger partial charge in [0.15, 0.2) is 0 Å². The van der Waals surface area contributed by atoms with Gasteiger partial charge in [-0.2, -0.15) is 0 Å². The van der Waals surface area contributed by atoms with Crippen molar-refractivity contribution in [2.75, 3.05) is 33.7 Å². The van der Waals surface area contributed by atoms with Crippen LogP contribution >= 0.6 is 0 Å². The lowest BCUT2D eigenvalue weighted by Crippen LogP contribution is -2.43. The van der Waals surface area contributed by atoms with Crippen molar-refractivity contribution in [1.82, 2.24) is 14.5 Å². The Morgan fingerprint density at radius 1 is 1.15 bits per heavy atom. The van der Waals surface area contributed by atoms with Crippen LogP contribution in [0.25, 0.3) is 0 Å². The third-order valence-corrected chi connectivity index (χ3v) is 6.62. The van der Waals surface area contributed by atoms with Crippen LogP contribution in [0.15, 0.2) is 29.2 Å². The highest BCUT2D eigenvalue weighted by atomic mass is 32.2. The summed E-state index contributed by atoms with van der Waals surface area (Å²) in [5, 5.41) is 3.02. The lowest BCUT2D eigenvalue weighted by molar-refractivity contribution is 0.0933. The Balaban J connectivity index is 2.00. The molecule has 26 heavy (non-hydrogen) atoms. The molecule has 0 aromatic heterocycles. The molecule has 1 amide bonds. The topological polar surface area (TPSA) is 69.7 Å². The van der Waals surface area contributed by atoms with Gasteiger partial charge >= 0.3 is 0 Å². The molecular formula is C19H31N3O3S. The van der Waals surface area contributed by atoms with Crippen molar-refractivity contribution < 1.29 is 13.2 Å². The number of amides is 1. The zero-order chi connectivity index (χ0) is 19.3. The van der Waals surface area contributed by atoms with Crippen LogP contribution in [0, 0.1) is 5.92 Å². The largest absolute Gasteiger partial charge is 0.350 e. The van der Waals surface area contributed by atoms with E-state index >= 15 is 0 Å². The number of rotatable bonds is 8. The predicted molar refractivity (Wildman–Crippen MR) is 104 cm³/mol. The van der Waals surface area contributed by atoms with E-state index in [2.05, 4.69) is 24.1 Å². The molecule has 1 saturated heterocycles. The van der Waals surface area contributed by atoms with Gasteiger partial charge in [0.25, 0.3) is 5.91 Å². The van der Waals surface area contributed by atoms with Crippen molar-refractivity contribution in [3.8, 4) is 0 Å². The van der Waals surface area contributed by atoms with E-state index < -0.39 is 10.0 Å². The third-order valence-electron chi connectivity index (χ3n) is 4.79. The second-order valence-corrected chi connectivity index (χ2v) is 9.70. The average Bonchev–Trinajstić information content (AvgIpc) is 3.12. The lowest BCUT2D eigenvalue weighted by Gasteiger charge is -2.29. The zero-order valence-corrected chi connectivity index (χ0v) is 17.1. The molecule has 0 saturated carbocycles. The van der Waals surface area contributed by atoms with Gasteiger partial charge in [-0.15, -0.1) is 0 Å². The van der Waals surface area contributed by atoms with Crippen LogP contribution in [-0.4, -0.2) is 63.3 Å². The quantitative estimate of drug-likeness (QED) is 0.749. The van der Waals surface area contributed by atoms with Gasteiger partial charge < -0.3 is 5.32 Å². The molecular weight excluding hydrogens is 350 g/mol. The number of hydrogen-bond acceptors (Lipinski definition) is 4. The molecule has 0 spiro atoms. The molecule has 1 aliphatic heterocycles. The summed E-state index contributed by atoms with van der Waals surface area (Å²) in [6.07, 6.45) is 3.51. The van der Waals surface area contributed by atoms with Crippen molar-refractivity contribution in [3.63, 3.8) is 0 Å². The highest BCUT2D eigenvalue weighted by Gasteiger charge is 2.23. The van der Waals surface area contributed by atoms with E-state index in [0.29, 0.717) is 24.1 Å². The molecule has 1 heterocycles. The summed E-state index contributed by atoms with van der Waals surface area (Å²) in [6.45, 7) is 7.23. The highest BCUT2D eigenvalue weighted by molar-refractivity contribution is 7.89. The van der Waals surface area contributed by atoms with Crippen molar-refractivity contribution >= 4 is 15.9 Å². The first-order chi connectivity index (χ1) is 12.2. The summed E-state index contributed by atoms with van der Waals surface area (Å²) in [4.78, 5) is 15.1. The monoisotopic (exact) mass is 381 g/mol. The van der Waals surface area contributed by atoms with Gasteiger partial charge in [0.1, 0.15) is 0 Å². The van der Waals surface area contributed by atoms with E-state index in [1.54, 1.807) is 12.1 Å². The van der Waals surface area contributed by atoms with Gasteiger partial charge in [-0.3, -0.25) is 9.69 Å². The molecule has 0 bridgehead atoms. The zero-order valence-electron chi connectivity index (χ0n) is 16.2. The second-order valence-electron chi connectivity index (χ2n) is 7.55. The maximum absolute atomic E-state index is 12.5. The Hall–Kier alpha value is -1.44. The summed E-state index contributed by atoms with van der Waals surface area (Å²) < 4.78 is 25.4. The second kappa shape index (κ2) is 8.97. The smallest absolute Gasteiger partial charge is 0.251 e. The Bertz CT molecular complexity index is 693. The van der Waals surface area contributed by atoms with Crippen LogP contribution in [0.1, 0.15) is 43.5 Å². The number of hydrogen-bond donors (Lipinski definition) is 1. The van der Waals surface area contributed by atoms with E-state index in [4.69, 9.17) is 0 Å². The Kier molecular flexibility index (Phi) is 7.20. The first kappa shape index (κ1) is 20.9. The number of nitrogens with zero attached hydrogens (tertiary/aromatic N) is 2. The molecule has 0 radical (unpaired) electrons. The van der Waals surface area contributed by atoms with Crippen LogP contribution in [0.5, 0.6) is 0 Å². The highest BCUT2D eigenvalue weighted by Crippen LogP contribution is 2.18. The molecule has 1 unspecified atom stereocenters. The van der Waals surface area contributed by atoms with Gasteiger partial charge in [0.2, 0.25) is 10.0 Å². The van der Waals surface area contributed by atoms with Crippen LogP contribution in [0.3, 0.4) is 0 Å². The summed E-state index contributed by atoms with van der Waals surface area (Å²) in [7, 11) is -0.496. The molecule has 146 valence electrons. The summed E-state index contributed by atoms with van der Waals surface area (Å²) in [6, 6.07) is 6.46. The number of sulfonamides is 1. The summed E-state index contributed by atoms with van der Waals surface area (Å²) in [5.41, 5.74) is 0.479. The van der Waals surface area contributed by atoms with E-state index in [0.717, 1.165) is 23.8 Å². The minimum atomic E-state index is -3.47. The number of carbonyl (C=O) groups is 1. The maximum Gasteiger partial charge on any atom is 0.251 e. The van der Waals surface area contributed by atoms with Gasteiger partial charge in [-0.05, 0) is 62.5 Å². The standard InChI is InChI=1S/C19H31N3O3S/c1-15(2)13-17(22-11-5-6-12-22)14-20-19(23)16-7-9-18(10-8-16)26(24,25)21(3)4/h7-10,15,17H,5-6,11-14H2,1-4H3,(H,20,23). The van der Waals surface area contributed by atoms with Crippen molar-refractivity contribution in [2.24, 2.45) is 5.92 Å². The number of carbonyl (C=O) groups excluding carboxylic acids is 1. The van der Waals surface area contributed by atoms with E-state index in [1.165, 1.54) is 39.1 Å². The summed E-state index contributed by atoms with van der Waals surface area (Å²) in [5.74, 6) is 0.416. The average molecular weight is 382 g/mol. The molecule has 1 N–H and O–H groups in total. The fourth-order valence-corrected chi connectivity index (χ4v) is 4.22. The van der Waals surface area contributed by atoms with Crippen LogP contribution in [0.2, 0.25) is 0 Å². The number of nitrogens with one attached hydrogen (secondary N) is 1. The Morgan fingerprint density at radius 2 is 1.73 bits per heavy atom. The normalized spacial score (nSPS) is 17.0. The molecule has 7 heteroatoms. The molecule has 0 aliphatic carbocycles. The Morgan fingerprint density at radius 3 is 2.23 bits per heavy atom. The first-order valence-corrected chi connectivity index (χ1v) is 10.7.